The first-order valence-corrected chi connectivity index (χ1v) is 11.7. The van der Waals surface area contributed by atoms with Crippen molar-refractivity contribution in [2.24, 2.45) is 0 Å². The highest BCUT2D eigenvalue weighted by Crippen LogP contribution is 2.44. The molecule has 3 aromatic carbocycles. The van der Waals surface area contributed by atoms with E-state index in [1.807, 2.05) is 49.4 Å². The number of ketones is 1. The van der Waals surface area contributed by atoms with Crippen LogP contribution >= 0.6 is 11.3 Å². The summed E-state index contributed by atoms with van der Waals surface area (Å²) in [6.07, 6.45) is 0.870. The quantitative estimate of drug-likeness (QED) is 0.227. The van der Waals surface area contributed by atoms with Gasteiger partial charge in [0, 0.05) is 5.56 Å². The van der Waals surface area contributed by atoms with Crippen molar-refractivity contribution in [2.75, 3.05) is 4.90 Å². The second-order valence-corrected chi connectivity index (χ2v) is 9.25. The summed E-state index contributed by atoms with van der Waals surface area (Å²) in [5, 5.41) is 11.5. The number of aliphatic hydroxyl groups excluding tert-OH is 1. The summed E-state index contributed by atoms with van der Waals surface area (Å²) >= 11 is 1.33. The highest BCUT2D eigenvalue weighted by atomic mass is 32.1. The first kappa shape index (κ1) is 22.0. The van der Waals surface area contributed by atoms with Gasteiger partial charge in [-0.3, -0.25) is 14.5 Å². The van der Waals surface area contributed by atoms with Gasteiger partial charge in [0.2, 0.25) is 0 Å². The number of Topliss-reactive ketones (excluding diaryl/α,β-unsaturated/α-hetero) is 1. The van der Waals surface area contributed by atoms with Crippen LogP contribution in [-0.4, -0.2) is 21.8 Å². The van der Waals surface area contributed by atoms with Gasteiger partial charge < -0.3 is 5.11 Å². The highest BCUT2D eigenvalue weighted by Gasteiger charge is 2.48. The Morgan fingerprint density at radius 3 is 2.44 bits per heavy atom. The van der Waals surface area contributed by atoms with Crippen LogP contribution in [-0.2, 0) is 16.0 Å². The zero-order chi connectivity index (χ0) is 24.0. The number of benzene rings is 3. The molecule has 1 saturated heterocycles. The number of nitrogens with zero attached hydrogens (tertiary/aromatic N) is 2. The molecule has 4 aromatic rings. The van der Waals surface area contributed by atoms with Crippen molar-refractivity contribution in [1.82, 2.24) is 4.98 Å². The van der Waals surface area contributed by atoms with E-state index >= 15 is 0 Å². The lowest BCUT2D eigenvalue weighted by Gasteiger charge is -2.23. The average molecular weight is 473 g/mol. The van der Waals surface area contributed by atoms with Crippen LogP contribution in [0.3, 0.4) is 0 Å². The van der Waals surface area contributed by atoms with Crippen LogP contribution in [0.4, 0.5) is 9.52 Å². The highest BCUT2D eigenvalue weighted by molar-refractivity contribution is 7.22. The number of hydrogen-bond acceptors (Lipinski definition) is 5. The summed E-state index contributed by atoms with van der Waals surface area (Å²) in [4.78, 5) is 32.5. The number of carbonyl (C=O) groups excluding carboxylic acids is 2. The fraction of sp³-hybridized carbons (Fsp3) is 0.148. The first-order chi connectivity index (χ1) is 16.4. The van der Waals surface area contributed by atoms with Crippen LogP contribution in [0.5, 0.6) is 0 Å². The van der Waals surface area contributed by atoms with Crippen molar-refractivity contribution in [3.63, 3.8) is 0 Å². The number of aliphatic hydroxyl groups is 1. The standard InChI is InChI=1S/C27H21FN2O3S/c1-3-16-6-13-20-21(14-16)34-27(29-20)30-23(17-7-4-15(2)5-8-17)22(25(32)26(30)33)24(31)18-9-11-19(28)12-10-18/h4-14,23,31H,3H2,1-2H3/b24-22+/t23-/m0/s1. The maximum atomic E-state index is 13.5. The molecule has 1 aliphatic rings. The monoisotopic (exact) mass is 472 g/mol. The van der Waals surface area contributed by atoms with Gasteiger partial charge in [0.15, 0.2) is 5.13 Å². The lowest BCUT2D eigenvalue weighted by Crippen LogP contribution is -2.29. The molecule has 5 nitrogen and oxygen atoms in total. The summed E-state index contributed by atoms with van der Waals surface area (Å²) in [5.41, 5.74) is 3.78. The molecule has 1 atom stereocenters. The number of carbonyl (C=O) groups is 2. The second kappa shape index (κ2) is 8.50. The van der Waals surface area contributed by atoms with Crippen molar-refractivity contribution < 1.29 is 19.1 Å². The third kappa shape index (κ3) is 3.68. The Morgan fingerprint density at radius 1 is 1.06 bits per heavy atom. The fourth-order valence-electron chi connectivity index (χ4n) is 4.14. The lowest BCUT2D eigenvalue weighted by molar-refractivity contribution is -0.132. The predicted octanol–water partition coefficient (Wildman–Crippen LogP) is 5.93. The van der Waals surface area contributed by atoms with Crippen molar-refractivity contribution >= 4 is 44.1 Å². The largest absolute Gasteiger partial charge is 0.507 e. The number of thiazole rings is 1. The van der Waals surface area contributed by atoms with Gasteiger partial charge in [0.1, 0.15) is 11.6 Å². The van der Waals surface area contributed by atoms with E-state index in [1.165, 1.54) is 40.5 Å². The van der Waals surface area contributed by atoms with E-state index in [4.69, 9.17) is 0 Å². The molecule has 34 heavy (non-hydrogen) atoms. The molecule has 7 heteroatoms. The Morgan fingerprint density at radius 2 is 1.76 bits per heavy atom. The number of anilines is 1. The van der Waals surface area contributed by atoms with Crippen LogP contribution in [0, 0.1) is 12.7 Å². The molecule has 1 N–H and O–H groups in total. The molecular formula is C27H21FN2O3S. The van der Waals surface area contributed by atoms with Crippen LogP contribution < -0.4 is 4.90 Å². The van der Waals surface area contributed by atoms with E-state index in [2.05, 4.69) is 11.9 Å². The summed E-state index contributed by atoms with van der Waals surface area (Å²) in [7, 11) is 0. The number of fused-ring (bicyclic) bond motifs is 1. The molecule has 1 aliphatic heterocycles. The SMILES string of the molecule is CCc1ccc2nc(N3C(=O)C(=O)/C(=C(/O)c4ccc(F)cc4)[C@@H]3c3ccc(C)cc3)sc2c1. The molecule has 0 spiro atoms. The van der Waals surface area contributed by atoms with Gasteiger partial charge in [0.25, 0.3) is 5.78 Å². The molecule has 5 rings (SSSR count). The minimum absolute atomic E-state index is 0.0473. The molecule has 0 bridgehead atoms. The zero-order valence-corrected chi connectivity index (χ0v) is 19.4. The van der Waals surface area contributed by atoms with E-state index in [1.54, 1.807) is 0 Å². The van der Waals surface area contributed by atoms with Gasteiger partial charge in [-0.1, -0.05) is 54.2 Å². The zero-order valence-electron chi connectivity index (χ0n) is 18.6. The van der Waals surface area contributed by atoms with E-state index < -0.39 is 23.5 Å². The van der Waals surface area contributed by atoms with Crippen LogP contribution in [0.15, 0.2) is 72.3 Å². The molecule has 0 radical (unpaired) electrons. The number of aryl methyl sites for hydroxylation is 2. The topological polar surface area (TPSA) is 70.5 Å². The van der Waals surface area contributed by atoms with Crippen LogP contribution in [0.1, 0.15) is 35.2 Å². The van der Waals surface area contributed by atoms with Gasteiger partial charge in [0.05, 0.1) is 21.8 Å². The summed E-state index contributed by atoms with van der Waals surface area (Å²) < 4.78 is 14.4. The Bertz CT molecular complexity index is 1460. The third-order valence-electron chi connectivity index (χ3n) is 6.01. The van der Waals surface area contributed by atoms with Gasteiger partial charge in [-0.25, -0.2) is 9.37 Å². The fourth-order valence-corrected chi connectivity index (χ4v) is 5.19. The smallest absolute Gasteiger partial charge is 0.301 e. The van der Waals surface area contributed by atoms with Crippen molar-refractivity contribution in [2.45, 2.75) is 26.3 Å². The van der Waals surface area contributed by atoms with E-state index in [0.717, 1.165) is 27.8 Å². The molecule has 0 aliphatic carbocycles. The Labute approximate surface area is 199 Å². The molecule has 0 saturated carbocycles. The maximum absolute atomic E-state index is 13.5. The molecule has 170 valence electrons. The van der Waals surface area contributed by atoms with Gasteiger partial charge in [-0.15, -0.1) is 0 Å². The van der Waals surface area contributed by atoms with Gasteiger partial charge >= 0.3 is 5.91 Å². The van der Waals surface area contributed by atoms with Crippen LogP contribution in [0.2, 0.25) is 0 Å². The van der Waals surface area contributed by atoms with E-state index in [9.17, 15) is 19.1 Å². The summed E-state index contributed by atoms with van der Waals surface area (Å²) in [6.45, 7) is 4.01. The first-order valence-electron chi connectivity index (χ1n) is 10.9. The summed E-state index contributed by atoms with van der Waals surface area (Å²) in [6, 6.07) is 17.7. The van der Waals surface area contributed by atoms with E-state index in [-0.39, 0.29) is 16.9 Å². The van der Waals surface area contributed by atoms with Crippen molar-refractivity contribution in [1.29, 1.82) is 0 Å². The Kier molecular flexibility index (Phi) is 5.49. The molecule has 1 fully saturated rings. The third-order valence-corrected chi connectivity index (χ3v) is 7.03. The second-order valence-electron chi connectivity index (χ2n) is 8.24. The predicted molar refractivity (Wildman–Crippen MR) is 131 cm³/mol. The molecule has 1 aromatic heterocycles. The number of rotatable bonds is 4. The number of amides is 1. The summed E-state index contributed by atoms with van der Waals surface area (Å²) in [5.74, 6) is -2.38. The number of halogens is 1. The average Bonchev–Trinajstić information content (AvgIpc) is 3.37. The van der Waals surface area contributed by atoms with Crippen molar-refractivity contribution in [3.05, 3.63) is 100 Å². The van der Waals surface area contributed by atoms with Gasteiger partial charge in [-0.05, 0) is 60.9 Å². The molecule has 2 heterocycles. The molecule has 0 unspecified atom stereocenters. The van der Waals surface area contributed by atoms with Crippen molar-refractivity contribution in [3.8, 4) is 0 Å². The Hall–Kier alpha value is -3.84. The minimum Gasteiger partial charge on any atom is -0.507 e. The van der Waals surface area contributed by atoms with Crippen LogP contribution in [0.25, 0.3) is 16.0 Å². The lowest BCUT2D eigenvalue weighted by atomic mass is 9.95. The van der Waals surface area contributed by atoms with E-state index in [0.29, 0.717) is 10.7 Å². The Balaban J connectivity index is 1.71. The number of hydrogen-bond donors (Lipinski definition) is 1. The number of aromatic nitrogens is 1. The normalized spacial score (nSPS) is 17.6. The molecular weight excluding hydrogens is 451 g/mol. The minimum atomic E-state index is -0.864. The molecule has 1 amide bonds. The maximum Gasteiger partial charge on any atom is 0.301 e. The van der Waals surface area contributed by atoms with Gasteiger partial charge in [-0.2, -0.15) is 0 Å².